The molecule has 0 atom stereocenters. The first kappa shape index (κ1) is 8.69. The fourth-order valence-electron chi connectivity index (χ4n) is 0.377. The van der Waals surface area contributed by atoms with Crippen LogP contribution in [0.4, 0.5) is 0 Å². The first-order valence-electron chi connectivity index (χ1n) is 2.96. The Balaban J connectivity index is 3.62. The summed E-state index contributed by atoms with van der Waals surface area (Å²) in [4.78, 5) is 9.89. The fourth-order valence-corrected chi connectivity index (χ4v) is 0.377. The predicted molar refractivity (Wildman–Crippen MR) is 40.7 cm³/mol. The van der Waals surface area contributed by atoms with E-state index in [0.29, 0.717) is 0 Å². The Bertz CT molecular complexity index is 176. The molecule has 2 nitrogen and oxygen atoms in total. The lowest BCUT2D eigenvalue weighted by atomic mass is 10.4. The zero-order valence-electron chi connectivity index (χ0n) is 5.82. The normalized spacial score (nSPS) is 12.1. The number of hydrogen-bond acceptors (Lipinski definition) is 1. The summed E-state index contributed by atoms with van der Waals surface area (Å²) in [6.45, 7) is 1.89. The van der Waals surface area contributed by atoms with Crippen LogP contribution in [0.25, 0.3) is 0 Å². The number of hydrogen-bond donors (Lipinski definition) is 1. The van der Waals surface area contributed by atoms with Gasteiger partial charge in [-0.25, -0.2) is 4.79 Å². The van der Waals surface area contributed by atoms with E-state index in [1.807, 2.05) is 19.1 Å². The van der Waals surface area contributed by atoms with Crippen LogP contribution in [0.1, 0.15) is 6.92 Å². The summed E-state index contributed by atoms with van der Waals surface area (Å²) in [5.41, 5.74) is 0. The van der Waals surface area contributed by atoms with Crippen molar-refractivity contribution in [2.24, 2.45) is 0 Å². The van der Waals surface area contributed by atoms with Crippen molar-refractivity contribution in [3.05, 3.63) is 36.5 Å². The van der Waals surface area contributed by atoms with Crippen LogP contribution >= 0.6 is 0 Å². The topological polar surface area (TPSA) is 37.3 Å². The van der Waals surface area contributed by atoms with Crippen molar-refractivity contribution in [2.75, 3.05) is 0 Å². The van der Waals surface area contributed by atoms with Crippen LogP contribution in [0, 0.1) is 0 Å². The Morgan fingerprint density at radius 3 is 2.30 bits per heavy atom. The number of allylic oxidation sites excluding steroid dienone is 5. The molecule has 0 radical (unpaired) electrons. The molecule has 0 rings (SSSR count). The molecule has 0 saturated carbocycles. The van der Waals surface area contributed by atoms with E-state index in [-0.39, 0.29) is 0 Å². The molecule has 0 aromatic carbocycles. The highest BCUT2D eigenvalue weighted by Gasteiger charge is 1.78. The molecule has 1 N–H and O–H groups in total. The number of carbonyl (C=O) groups is 1. The Morgan fingerprint density at radius 2 is 1.80 bits per heavy atom. The zero-order valence-corrected chi connectivity index (χ0v) is 5.82. The first-order valence-corrected chi connectivity index (χ1v) is 2.96. The van der Waals surface area contributed by atoms with Gasteiger partial charge >= 0.3 is 5.97 Å². The Morgan fingerprint density at radius 1 is 1.20 bits per heavy atom. The van der Waals surface area contributed by atoms with Crippen LogP contribution in [-0.2, 0) is 4.79 Å². The van der Waals surface area contributed by atoms with Crippen molar-refractivity contribution in [3.63, 3.8) is 0 Å². The summed E-state index contributed by atoms with van der Waals surface area (Å²) >= 11 is 0. The van der Waals surface area contributed by atoms with Crippen LogP contribution in [0.5, 0.6) is 0 Å². The maximum atomic E-state index is 9.89. The fraction of sp³-hybridized carbons (Fsp3) is 0.125. The van der Waals surface area contributed by atoms with Gasteiger partial charge in [0.1, 0.15) is 0 Å². The predicted octanol–water partition coefficient (Wildman–Crippen LogP) is 1.76. The van der Waals surface area contributed by atoms with Gasteiger partial charge in [-0.3, -0.25) is 0 Å². The molecule has 0 aliphatic carbocycles. The standard InChI is InChI=1S/C8H10O2/c1-2-3-4-5-6-7-8(9)10/h2-7H,1H3,(H,9,10)/b3-2+,5-4+,7-6+. The maximum absolute atomic E-state index is 9.89. The smallest absolute Gasteiger partial charge is 0.328 e. The Kier molecular flexibility index (Phi) is 5.06. The number of aliphatic carboxylic acids is 1. The summed E-state index contributed by atoms with van der Waals surface area (Å²) < 4.78 is 0. The third-order valence-electron chi connectivity index (χ3n) is 0.765. The second-order valence-corrected chi connectivity index (χ2v) is 1.61. The van der Waals surface area contributed by atoms with E-state index >= 15 is 0 Å². The van der Waals surface area contributed by atoms with Crippen LogP contribution in [-0.4, -0.2) is 11.1 Å². The molecule has 0 aliphatic heterocycles. The number of rotatable bonds is 3. The summed E-state index contributed by atoms with van der Waals surface area (Å²) in [5, 5.41) is 8.13. The highest BCUT2D eigenvalue weighted by molar-refractivity contribution is 5.80. The van der Waals surface area contributed by atoms with E-state index in [9.17, 15) is 4.79 Å². The molecule has 0 heterocycles. The van der Waals surface area contributed by atoms with Gasteiger partial charge in [-0.1, -0.05) is 30.4 Å². The van der Waals surface area contributed by atoms with Gasteiger partial charge in [0.05, 0.1) is 0 Å². The minimum Gasteiger partial charge on any atom is -0.478 e. The lowest BCUT2D eigenvalue weighted by Gasteiger charge is -1.73. The average Bonchev–Trinajstić information content (AvgIpc) is 1.87. The average molecular weight is 138 g/mol. The van der Waals surface area contributed by atoms with Gasteiger partial charge in [-0.15, -0.1) is 0 Å². The molecule has 0 unspecified atom stereocenters. The molecular weight excluding hydrogens is 128 g/mol. The highest BCUT2D eigenvalue weighted by Crippen LogP contribution is 1.79. The molecule has 2 heteroatoms. The molecule has 10 heavy (non-hydrogen) atoms. The van der Waals surface area contributed by atoms with E-state index < -0.39 is 5.97 Å². The molecular formula is C8H10O2. The molecule has 0 amide bonds. The molecule has 0 saturated heterocycles. The van der Waals surface area contributed by atoms with Gasteiger partial charge in [0.25, 0.3) is 0 Å². The molecule has 0 aliphatic rings. The van der Waals surface area contributed by atoms with Crippen molar-refractivity contribution in [2.45, 2.75) is 6.92 Å². The van der Waals surface area contributed by atoms with Gasteiger partial charge in [0.2, 0.25) is 0 Å². The Hall–Kier alpha value is -1.31. The van der Waals surface area contributed by atoms with E-state index in [1.54, 1.807) is 12.2 Å². The van der Waals surface area contributed by atoms with E-state index in [2.05, 4.69) is 0 Å². The minimum atomic E-state index is -0.926. The number of carboxylic acids is 1. The molecule has 0 fully saturated rings. The highest BCUT2D eigenvalue weighted by atomic mass is 16.4. The van der Waals surface area contributed by atoms with E-state index in [1.165, 1.54) is 6.08 Å². The lowest BCUT2D eigenvalue weighted by Crippen LogP contribution is -1.84. The molecule has 0 bridgehead atoms. The second-order valence-electron chi connectivity index (χ2n) is 1.61. The quantitative estimate of drug-likeness (QED) is 0.476. The minimum absolute atomic E-state index is 0.926. The first-order chi connectivity index (χ1) is 4.77. The van der Waals surface area contributed by atoms with Gasteiger partial charge in [0, 0.05) is 6.08 Å². The van der Waals surface area contributed by atoms with Crippen LogP contribution in [0.15, 0.2) is 36.5 Å². The third-order valence-corrected chi connectivity index (χ3v) is 0.765. The summed E-state index contributed by atoms with van der Waals surface area (Å²) in [5.74, 6) is -0.926. The van der Waals surface area contributed by atoms with E-state index in [4.69, 9.17) is 5.11 Å². The third kappa shape index (κ3) is 6.69. The molecule has 0 spiro atoms. The van der Waals surface area contributed by atoms with Crippen molar-refractivity contribution >= 4 is 5.97 Å². The van der Waals surface area contributed by atoms with Gasteiger partial charge in [0.15, 0.2) is 0 Å². The summed E-state index contributed by atoms with van der Waals surface area (Å²) in [7, 11) is 0. The largest absolute Gasteiger partial charge is 0.478 e. The summed E-state index contributed by atoms with van der Waals surface area (Å²) in [6.07, 6.45) is 9.67. The molecule has 0 aromatic rings. The van der Waals surface area contributed by atoms with E-state index in [0.717, 1.165) is 6.08 Å². The number of carboxylic acid groups (broad SMARTS) is 1. The SMILES string of the molecule is C/C=C/C=C/C=C/C(=O)O. The van der Waals surface area contributed by atoms with Gasteiger partial charge in [-0.05, 0) is 6.92 Å². The van der Waals surface area contributed by atoms with Crippen LogP contribution in [0.2, 0.25) is 0 Å². The molecule has 54 valence electrons. The van der Waals surface area contributed by atoms with Crippen LogP contribution in [0.3, 0.4) is 0 Å². The van der Waals surface area contributed by atoms with Gasteiger partial charge < -0.3 is 5.11 Å². The second kappa shape index (κ2) is 5.82. The van der Waals surface area contributed by atoms with Crippen LogP contribution < -0.4 is 0 Å². The summed E-state index contributed by atoms with van der Waals surface area (Å²) in [6, 6.07) is 0. The van der Waals surface area contributed by atoms with Crippen molar-refractivity contribution in [1.29, 1.82) is 0 Å². The van der Waals surface area contributed by atoms with Crippen molar-refractivity contribution in [1.82, 2.24) is 0 Å². The lowest BCUT2D eigenvalue weighted by molar-refractivity contribution is -0.131. The van der Waals surface area contributed by atoms with Gasteiger partial charge in [-0.2, -0.15) is 0 Å². The maximum Gasteiger partial charge on any atom is 0.328 e. The van der Waals surface area contributed by atoms with Crippen molar-refractivity contribution < 1.29 is 9.90 Å². The van der Waals surface area contributed by atoms with Crippen molar-refractivity contribution in [3.8, 4) is 0 Å². The molecule has 0 aromatic heterocycles. The Labute approximate surface area is 60.2 Å². The zero-order chi connectivity index (χ0) is 7.82. The monoisotopic (exact) mass is 138 g/mol.